The van der Waals surface area contributed by atoms with Crippen LogP contribution in [0.3, 0.4) is 0 Å². The van der Waals surface area contributed by atoms with E-state index in [-0.39, 0.29) is 22.2 Å². The van der Waals surface area contributed by atoms with Crippen molar-refractivity contribution in [2.24, 2.45) is 0 Å². The van der Waals surface area contributed by atoms with E-state index in [2.05, 4.69) is 20.7 Å². The van der Waals surface area contributed by atoms with Crippen LogP contribution in [0, 0.1) is 10.1 Å². The lowest BCUT2D eigenvalue weighted by Gasteiger charge is -2.18. The number of rotatable bonds is 7. The highest BCUT2D eigenvalue weighted by molar-refractivity contribution is 9.10. The quantitative estimate of drug-likeness (QED) is 0.198. The molecule has 0 spiro atoms. The average Bonchev–Trinajstić information content (AvgIpc) is 3.05. The number of nitro benzene ring substituents is 1. The number of ether oxygens (including phenoxy) is 2. The SMILES string of the molecule is COC(=O)[C@@H](C)N1C(=O)S/C(=C/c2cc(Cl)c(OCc3ccc([N+](=O)[O-])cc3)c(Br)c2)C1=O. The van der Waals surface area contributed by atoms with Gasteiger partial charge < -0.3 is 9.47 Å². The molecule has 33 heavy (non-hydrogen) atoms. The van der Waals surface area contributed by atoms with E-state index in [0.29, 0.717) is 33.1 Å². The molecular formula is C21H16BrClN2O7S. The third-order valence-corrected chi connectivity index (χ3v) is 6.36. The van der Waals surface area contributed by atoms with Crippen molar-refractivity contribution in [3.05, 3.63) is 72.0 Å². The van der Waals surface area contributed by atoms with E-state index in [9.17, 15) is 24.5 Å². The van der Waals surface area contributed by atoms with Crippen LogP contribution >= 0.6 is 39.3 Å². The maximum atomic E-state index is 12.6. The average molecular weight is 556 g/mol. The van der Waals surface area contributed by atoms with Gasteiger partial charge >= 0.3 is 5.97 Å². The van der Waals surface area contributed by atoms with Crippen molar-refractivity contribution < 1.29 is 28.8 Å². The third kappa shape index (κ3) is 5.55. The molecule has 1 saturated heterocycles. The lowest BCUT2D eigenvalue weighted by Crippen LogP contribution is -2.42. The van der Waals surface area contributed by atoms with Crippen molar-refractivity contribution in [2.75, 3.05) is 7.11 Å². The molecule has 1 fully saturated rings. The van der Waals surface area contributed by atoms with E-state index in [1.807, 2.05) is 0 Å². The van der Waals surface area contributed by atoms with Crippen molar-refractivity contribution >= 4 is 68.2 Å². The van der Waals surface area contributed by atoms with Crippen LogP contribution in [0.2, 0.25) is 5.02 Å². The van der Waals surface area contributed by atoms with E-state index in [0.717, 1.165) is 4.90 Å². The zero-order valence-electron chi connectivity index (χ0n) is 17.2. The second kappa shape index (κ2) is 10.4. The van der Waals surface area contributed by atoms with Crippen LogP contribution in [0.25, 0.3) is 6.08 Å². The molecule has 1 aliphatic heterocycles. The number of halogens is 2. The Morgan fingerprint density at radius 2 is 1.97 bits per heavy atom. The fraction of sp³-hybridized carbons (Fsp3) is 0.190. The summed E-state index contributed by atoms with van der Waals surface area (Å²) in [5, 5.41) is 10.4. The highest BCUT2D eigenvalue weighted by atomic mass is 79.9. The Morgan fingerprint density at radius 3 is 2.55 bits per heavy atom. The van der Waals surface area contributed by atoms with Crippen LogP contribution in [-0.4, -0.2) is 40.1 Å². The Bertz CT molecular complexity index is 1150. The minimum atomic E-state index is -1.04. The zero-order chi connectivity index (χ0) is 24.3. The van der Waals surface area contributed by atoms with Gasteiger partial charge in [-0.15, -0.1) is 0 Å². The number of nitrogens with zero attached hydrogens (tertiary/aromatic N) is 2. The summed E-state index contributed by atoms with van der Waals surface area (Å²) in [6.07, 6.45) is 1.49. The summed E-state index contributed by atoms with van der Waals surface area (Å²) in [7, 11) is 1.18. The van der Waals surface area contributed by atoms with E-state index >= 15 is 0 Å². The van der Waals surface area contributed by atoms with Gasteiger partial charge in [-0.05, 0) is 76.1 Å². The second-order valence-electron chi connectivity index (χ2n) is 6.78. The number of methoxy groups -OCH3 is 1. The number of hydrogen-bond acceptors (Lipinski definition) is 8. The molecule has 0 radical (unpaired) electrons. The number of thioether (sulfide) groups is 1. The normalized spacial score (nSPS) is 15.6. The molecule has 1 heterocycles. The minimum Gasteiger partial charge on any atom is -0.486 e. The predicted molar refractivity (Wildman–Crippen MR) is 126 cm³/mol. The molecule has 172 valence electrons. The molecule has 3 rings (SSSR count). The Morgan fingerprint density at radius 1 is 1.30 bits per heavy atom. The number of carbonyl (C=O) groups excluding carboxylic acids is 3. The largest absolute Gasteiger partial charge is 0.486 e. The third-order valence-electron chi connectivity index (χ3n) is 4.60. The summed E-state index contributed by atoms with van der Waals surface area (Å²) in [5.74, 6) is -0.952. The fourth-order valence-corrected chi connectivity index (χ4v) is 4.81. The number of imide groups is 1. The first-order valence-electron chi connectivity index (χ1n) is 9.32. The molecule has 2 aromatic carbocycles. The van der Waals surface area contributed by atoms with E-state index in [1.165, 1.54) is 32.2 Å². The van der Waals surface area contributed by atoms with Gasteiger partial charge in [0.25, 0.3) is 16.8 Å². The summed E-state index contributed by atoms with van der Waals surface area (Å²) in [5.41, 5.74) is 1.22. The second-order valence-corrected chi connectivity index (χ2v) is 9.03. The molecule has 1 aliphatic rings. The molecule has 2 aromatic rings. The first-order valence-corrected chi connectivity index (χ1v) is 11.3. The molecule has 0 aliphatic carbocycles. The number of non-ortho nitro benzene ring substituents is 1. The van der Waals surface area contributed by atoms with Gasteiger partial charge in [0, 0.05) is 12.1 Å². The van der Waals surface area contributed by atoms with Crippen LogP contribution in [0.15, 0.2) is 45.8 Å². The molecule has 0 saturated carbocycles. The van der Waals surface area contributed by atoms with Gasteiger partial charge in [-0.25, -0.2) is 4.79 Å². The molecule has 9 nitrogen and oxygen atoms in total. The van der Waals surface area contributed by atoms with Gasteiger partial charge in [0.05, 0.1) is 26.4 Å². The molecule has 1 atom stereocenters. The molecule has 0 N–H and O–H groups in total. The monoisotopic (exact) mass is 554 g/mol. The predicted octanol–water partition coefficient (Wildman–Crippen LogP) is 5.19. The molecular weight excluding hydrogens is 540 g/mol. The number of hydrogen-bond donors (Lipinski definition) is 0. The number of esters is 1. The lowest BCUT2D eigenvalue weighted by atomic mass is 10.2. The van der Waals surface area contributed by atoms with Gasteiger partial charge in [0.15, 0.2) is 5.75 Å². The van der Waals surface area contributed by atoms with E-state index in [1.54, 1.807) is 24.3 Å². The van der Waals surface area contributed by atoms with Crippen molar-refractivity contribution in [3.8, 4) is 5.75 Å². The minimum absolute atomic E-state index is 0.0206. The highest BCUT2D eigenvalue weighted by Gasteiger charge is 2.41. The molecule has 0 aromatic heterocycles. The first kappa shape index (κ1) is 24.7. The number of carbonyl (C=O) groups is 3. The Hall–Kier alpha value is -2.89. The van der Waals surface area contributed by atoms with Gasteiger partial charge in [0.1, 0.15) is 12.6 Å². The standard InChI is InChI=1S/C21H16BrClN2O7S/c1-11(20(27)31-2)24-19(26)17(33-21(24)28)9-13-7-15(22)18(16(23)8-13)32-10-12-3-5-14(6-4-12)25(29)30/h3-9,11H,10H2,1-2H3/b17-9+/t11-/m1/s1. The molecule has 0 unspecified atom stereocenters. The Kier molecular flexibility index (Phi) is 7.77. The number of nitro groups is 1. The summed E-state index contributed by atoms with van der Waals surface area (Å²) in [6, 6.07) is 8.11. The zero-order valence-corrected chi connectivity index (χ0v) is 20.4. The molecule has 2 amide bonds. The van der Waals surface area contributed by atoms with Gasteiger partial charge in [0.2, 0.25) is 0 Å². The topological polar surface area (TPSA) is 116 Å². The smallest absolute Gasteiger partial charge is 0.328 e. The molecule has 0 bridgehead atoms. The lowest BCUT2D eigenvalue weighted by molar-refractivity contribution is -0.384. The van der Waals surface area contributed by atoms with Crippen molar-refractivity contribution in [2.45, 2.75) is 19.6 Å². The molecule has 12 heteroatoms. The van der Waals surface area contributed by atoms with E-state index in [4.69, 9.17) is 16.3 Å². The van der Waals surface area contributed by atoms with Gasteiger partial charge in [-0.2, -0.15) is 0 Å². The first-order chi connectivity index (χ1) is 15.6. The van der Waals surface area contributed by atoms with Crippen molar-refractivity contribution in [3.63, 3.8) is 0 Å². The fourth-order valence-electron chi connectivity index (χ4n) is 2.91. The maximum Gasteiger partial charge on any atom is 0.328 e. The van der Waals surface area contributed by atoms with Crippen molar-refractivity contribution in [1.29, 1.82) is 0 Å². The van der Waals surface area contributed by atoms with Crippen LogP contribution in [0.4, 0.5) is 10.5 Å². The summed E-state index contributed by atoms with van der Waals surface area (Å²) in [6.45, 7) is 1.54. The number of benzene rings is 2. The van der Waals surface area contributed by atoms with E-state index < -0.39 is 28.1 Å². The summed E-state index contributed by atoms with van der Waals surface area (Å²) in [4.78, 5) is 47.9. The highest BCUT2D eigenvalue weighted by Crippen LogP contribution is 2.38. The van der Waals surface area contributed by atoms with Crippen LogP contribution < -0.4 is 4.74 Å². The maximum absolute atomic E-state index is 12.6. The van der Waals surface area contributed by atoms with Gasteiger partial charge in [-0.3, -0.25) is 24.6 Å². The number of amides is 2. The van der Waals surface area contributed by atoms with Gasteiger partial charge in [-0.1, -0.05) is 11.6 Å². The summed E-state index contributed by atoms with van der Waals surface area (Å²) < 4.78 is 10.9. The van der Waals surface area contributed by atoms with Crippen LogP contribution in [-0.2, 0) is 20.9 Å². The summed E-state index contributed by atoms with van der Waals surface area (Å²) >= 11 is 10.5. The van der Waals surface area contributed by atoms with Crippen molar-refractivity contribution in [1.82, 2.24) is 4.90 Å². The van der Waals surface area contributed by atoms with Crippen LogP contribution in [0.5, 0.6) is 5.75 Å². The Balaban J connectivity index is 1.76. The Labute approximate surface area is 205 Å². The van der Waals surface area contributed by atoms with Crippen LogP contribution in [0.1, 0.15) is 18.1 Å².